The third-order valence-corrected chi connectivity index (χ3v) is 11.4. The van der Waals surface area contributed by atoms with Crippen LogP contribution in [0.15, 0.2) is 234 Å². The van der Waals surface area contributed by atoms with Crippen molar-refractivity contribution in [1.29, 1.82) is 0 Å². The average Bonchev–Trinajstić information content (AvgIpc) is 4.21. The molecule has 0 radical (unpaired) electrons. The van der Waals surface area contributed by atoms with Crippen molar-refractivity contribution in [3.05, 3.63) is 246 Å². The number of aromatic nitrogens is 25. The number of anilines is 1. The molecule has 0 spiro atoms. The van der Waals surface area contributed by atoms with Crippen molar-refractivity contribution < 1.29 is 28.9 Å². The molecule has 13 aromatic heterocycles. The van der Waals surface area contributed by atoms with E-state index in [-0.39, 0.29) is 20.1 Å². The Bertz CT molecular complexity index is 2710. The molecule has 0 aliphatic heterocycles. The van der Waals surface area contributed by atoms with E-state index >= 15 is 0 Å². The maximum atomic E-state index is 12.2. The van der Waals surface area contributed by atoms with Crippen LogP contribution in [-0.4, -0.2) is 141 Å². The van der Waals surface area contributed by atoms with E-state index in [1.165, 1.54) is 0 Å². The third kappa shape index (κ3) is 8.77. The molecule has 2 N–H and O–H groups in total. The van der Waals surface area contributed by atoms with Crippen molar-refractivity contribution in [2.45, 2.75) is 0 Å². The molecule has 0 saturated heterocycles. The second-order valence-electron chi connectivity index (χ2n) is 15.4. The first-order valence-electron chi connectivity index (χ1n) is 22.0. The van der Waals surface area contributed by atoms with E-state index in [9.17, 15) is 8.78 Å². The number of rotatable bonds is 12. The van der Waals surface area contributed by atoms with Gasteiger partial charge in [0, 0.05) is 80.6 Å². The van der Waals surface area contributed by atoms with Gasteiger partial charge in [-0.15, -0.1) is 0 Å². The van der Waals surface area contributed by atoms with Crippen LogP contribution in [0, 0.1) is 11.8 Å². The molecule has 13 aromatic rings. The summed E-state index contributed by atoms with van der Waals surface area (Å²) in [6.07, 6.45) is 44.3. The summed E-state index contributed by atoms with van der Waals surface area (Å²) in [6.45, 7) is -5.50. The minimum absolute atomic E-state index is 0. The van der Waals surface area contributed by atoms with Crippen LogP contribution >= 0.6 is 0 Å². The number of nitrogens with two attached hydrogens (primary N) is 1. The Morgan fingerprint density at radius 1 is 0.288 bits per heavy atom. The number of nitrogens with zero attached hydrogens (tertiary/aromatic N) is 25. The van der Waals surface area contributed by atoms with Gasteiger partial charge in [0.25, 0.3) is 0 Å². The predicted octanol–water partition coefficient (Wildman–Crippen LogP) is 2.14. The standard InChI is InChI=1S/3C12H12BN8.C5H4F2N2.Ir/c3*1-5-14-18(9-1)13(19-10-2-6-15-19,20-11-3-7-16-20)21-12-4-8-17-21;6-3-1-2-9-5(7)4(3)8;/h3*1-12H;1-2H,8H2;/q3*-1;;+3. The molecule has 0 bridgehead atoms. The van der Waals surface area contributed by atoms with E-state index in [0.717, 1.165) is 12.3 Å². The molecule has 0 aliphatic carbocycles. The van der Waals surface area contributed by atoms with Crippen molar-refractivity contribution in [3.8, 4) is 0 Å². The van der Waals surface area contributed by atoms with Crippen LogP contribution in [0.25, 0.3) is 0 Å². The van der Waals surface area contributed by atoms with Crippen LogP contribution in [0.3, 0.4) is 0 Å². The van der Waals surface area contributed by atoms with E-state index < -0.39 is 37.5 Å². The van der Waals surface area contributed by atoms with Crippen molar-refractivity contribution in [2.75, 3.05) is 5.73 Å². The summed E-state index contributed by atoms with van der Waals surface area (Å²) in [4.78, 5) is 3.11. The topological polar surface area (TPSA) is 253 Å². The Hall–Kier alpha value is -9.83. The smallest absolute Gasteiger partial charge is 0.393 e. The molecule has 0 fully saturated rings. The van der Waals surface area contributed by atoms with Crippen LogP contribution in [0.5, 0.6) is 0 Å². The van der Waals surface area contributed by atoms with E-state index in [4.69, 9.17) is 5.73 Å². The molecule has 32 heteroatoms. The molecule has 0 aromatic carbocycles. The molecule has 0 saturated carbocycles. The molecule has 26 nitrogen and oxygen atoms in total. The van der Waals surface area contributed by atoms with Gasteiger partial charge < -0.3 is 60.8 Å². The monoisotopic (exact) mass is 1160 g/mol. The quantitative estimate of drug-likeness (QED) is 0.136. The third-order valence-electron chi connectivity index (χ3n) is 11.4. The number of hydrogen-bond donors (Lipinski definition) is 1. The Balaban J connectivity index is 0.000000124. The predicted molar refractivity (Wildman–Crippen MR) is 257 cm³/mol. The summed E-state index contributed by atoms with van der Waals surface area (Å²) < 4.78 is 46.0. The van der Waals surface area contributed by atoms with Gasteiger partial charge in [-0.2, -0.15) is 4.39 Å². The van der Waals surface area contributed by atoms with Crippen LogP contribution < -0.4 is 5.73 Å². The van der Waals surface area contributed by atoms with E-state index in [2.05, 4.69) is 66.2 Å². The Morgan fingerprint density at radius 3 is 0.562 bits per heavy atom. The summed E-state index contributed by atoms with van der Waals surface area (Å²) in [7, 11) is 0. The summed E-state index contributed by atoms with van der Waals surface area (Å²) in [5.74, 6) is -1.74. The Kier molecular flexibility index (Phi) is 14.2. The van der Waals surface area contributed by atoms with Crippen LogP contribution in [0.4, 0.5) is 14.5 Å². The van der Waals surface area contributed by atoms with Gasteiger partial charge in [0.2, 0.25) is 5.95 Å². The van der Waals surface area contributed by atoms with Crippen LogP contribution in [0.2, 0.25) is 0 Å². The number of halogens is 2. The molecular weight excluding hydrogens is 1120 g/mol. The number of hydrogen-bond acceptors (Lipinski definition) is 14. The molecule has 0 aliphatic rings. The molecule has 73 heavy (non-hydrogen) atoms. The molecular formula is C41H40B3F2IrN26. The minimum atomic E-state index is -1.83. The fraction of sp³-hybridized carbons (Fsp3) is 0. The summed E-state index contributed by atoms with van der Waals surface area (Å²) in [6, 6.07) is 23.4. The van der Waals surface area contributed by atoms with Gasteiger partial charge in [-0.05, 0) is 153 Å². The zero-order valence-electron chi connectivity index (χ0n) is 38.0. The zero-order chi connectivity index (χ0) is 49.2. The number of nitrogen functional groups attached to an aromatic ring is 1. The summed E-state index contributed by atoms with van der Waals surface area (Å²) in [5, 5.41) is 53.0. The molecule has 0 unspecified atom stereocenters. The fourth-order valence-corrected chi connectivity index (χ4v) is 8.43. The van der Waals surface area contributed by atoms with Gasteiger partial charge in [-0.3, -0.25) is 0 Å². The van der Waals surface area contributed by atoms with E-state index in [0.29, 0.717) is 0 Å². The molecule has 13 heterocycles. The summed E-state index contributed by atoms with van der Waals surface area (Å²) in [5.41, 5.74) is 4.34. The zero-order valence-corrected chi connectivity index (χ0v) is 40.4. The van der Waals surface area contributed by atoms with Gasteiger partial charge in [-0.1, -0.05) is 0 Å². The van der Waals surface area contributed by atoms with Crippen molar-refractivity contribution in [3.63, 3.8) is 0 Å². The average molecular weight is 1160 g/mol. The second-order valence-corrected chi connectivity index (χ2v) is 15.4. The Morgan fingerprint density at radius 2 is 0.452 bits per heavy atom. The molecule has 13 rings (SSSR count). The maximum Gasteiger partial charge on any atom is 3.00 e. The first-order chi connectivity index (χ1) is 35.5. The molecule has 366 valence electrons. The first kappa shape index (κ1) is 48.2. The van der Waals surface area contributed by atoms with Crippen molar-refractivity contribution in [2.24, 2.45) is 0 Å². The normalized spacial score (nSPS) is 11.4. The fourth-order valence-electron chi connectivity index (χ4n) is 8.43. The van der Waals surface area contributed by atoms with Gasteiger partial charge in [0.15, 0.2) is 5.82 Å². The van der Waals surface area contributed by atoms with Crippen LogP contribution in [0.1, 0.15) is 0 Å². The van der Waals surface area contributed by atoms with Gasteiger partial charge in [-0.25, -0.2) is 70.6 Å². The minimum Gasteiger partial charge on any atom is -0.393 e. The van der Waals surface area contributed by atoms with Crippen molar-refractivity contribution in [1.82, 2.24) is 121 Å². The van der Waals surface area contributed by atoms with Gasteiger partial charge in [0.1, 0.15) is 5.69 Å². The first-order valence-corrected chi connectivity index (χ1v) is 22.0. The van der Waals surface area contributed by atoms with Crippen LogP contribution in [-0.2, 0) is 20.1 Å². The second kappa shape index (κ2) is 21.4. The van der Waals surface area contributed by atoms with E-state index in [1.807, 2.05) is 202 Å². The molecule has 0 atom stereocenters. The SMILES string of the molecule is Nc1c(F)ccnc1F.[Ir+3].c1cnn([B-](n2cccn2)(n2cccn2)n2cccn2)c1.c1cnn([B-](n2cccn2)(n2cccn2)n2cccn2)c1.c1cnn([B-](n2cccn2)(n2cccn2)n2cccn2)c1. The van der Waals surface area contributed by atoms with E-state index in [1.54, 1.807) is 74.4 Å². The largest absolute Gasteiger partial charge is 3.00 e. The van der Waals surface area contributed by atoms with Gasteiger partial charge in [0.05, 0.1) is 0 Å². The van der Waals surface area contributed by atoms with Crippen molar-refractivity contribution >= 4 is 25.7 Å². The Labute approximate surface area is 425 Å². The maximum absolute atomic E-state index is 12.2. The number of pyridine rings is 1. The molecule has 0 amide bonds. The summed E-state index contributed by atoms with van der Waals surface area (Å²) >= 11 is 0. The van der Waals surface area contributed by atoms with Gasteiger partial charge >= 0.3 is 40.2 Å².